The number of hydrogen-bond acceptors (Lipinski definition) is 4. The summed E-state index contributed by atoms with van der Waals surface area (Å²) in [6.07, 6.45) is 6.35. The van der Waals surface area contributed by atoms with Crippen LogP contribution in [0.3, 0.4) is 0 Å². The summed E-state index contributed by atoms with van der Waals surface area (Å²) in [5, 5.41) is 14.9. The smallest absolute Gasteiger partial charge is 0.267 e. The number of aryl methyl sites for hydroxylation is 2. The highest BCUT2D eigenvalue weighted by Crippen LogP contribution is 2.14. The summed E-state index contributed by atoms with van der Waals surface area (Å²) >= 11 is 0. The van der Waals surface area contributed by atoms with Gasteiger partial charge in [-0.1, -0.05) is 31.5 Å². The molecule has 128 valence electrons. The van der Waals surface area contributed by atoms with Crippen molar-refractivity contribution in [1.29, 1.82) is 5.26 Å². The summed E-state index contributed by atoms with van der Waals surface area (Å²) in [7, 11) is 0. The number of carbonyl (C=O) groups excluding carboxylic acids is 1. The van der Waals surface area contributed by atoms with Crippen molar-refractivity contribution < 1.29 is 4.79 Å². The monoisotopic (exact) mass is 334 g/mol. The van der Waals surface area contributed by atoms with Crippen molar-refractivity contribution in [1.82, 2.24) is 4.98 Å². The number of aromatic nitrogens is 1. The molecule has 0 spiro atoms. The fraction of sp³-hybridized carbons (Fsp3) is 0.250. The molecule has 0 aliphatic carbocycles. The molecule has 0 unspecified atom stereocenters. The van der Waals surface area contributed by atoms with Crippen molar-refractivity contribution >= 4 is 17.4 Å². The molecule has 0 aliphatic heterocycles. The molecular formula is C20H22N4O. The van der Waals surface area contributed by atoms with Gasteiger partial charge in [0.2, 0.25) is 0 Å². The van der Waals surface area contributed by atoms with Gasteiger partial charge < -0.3 is 10.6 Å². The van der Waals surface area contributed by atoms with E-state index in [-0.39, 0.29) is 5.57 Å². The Balaban J connectivity index is 2.01. The van der Waals surface area contributed by atoms with E-state index in [4.69, 9.17) is 0 Å². The molecule has 0 saturated carbocycles. The number of amides is 1. The Morgan fingerprint density at radius 2 is 2.04 bits per heavy atom. The molecule has 0 aliphatic rings. The highest BCUT2D eigenvalue weighted by Gasteiger charge is 2.09. The number of nitrogens with one attached hydrogen (secondary N) is 2. The van der Waals surface area contributed by atoms with Crippen LogP contribution in [0.5, 0.6) is 0 Å². The Morgan fingerprint density at radius 3 is 2.68 bits per heavy atom. The number of rotatable bonds is 7. The first kappa shape index (κ1) is 18.2. The third-order valence-corrected chi connectivity index (χ3v) is 3.76. The van der Waals surface area contributed by atoms with Crippen LogP contribution in [0.1, 0.15) is 30.9 Å². The summed E-state index contributed by atoms with van der Waals surface area (Å²) in [6, 6.07) is 13.3. The number of anilines is 2. The molecule has 5 heteroatoms. The van der Waals surface area contributed by atoms with Gasteiger partial charge in [0, 0.05) is 18.1 Å². The zero-order valence-corrected chi connectivity index (χ0v) is 14.5. The van der Waals surface area contributed by atoms with Crippen molar-refractivity contribution in [2.45, 2.75) is 33.1 Å². The van der Waals surface area contributed by atoms with Gasteiger partial charge in [-0.3, -0.25) is 4.79 Å². The van der Waals surface area contributed by atoms with Gasteiger partial charge in [-0.15, -0.1) is 0 Å². The Labute approximate surface area is 148 Å². The number of hydrogen-bond donors (Lipinski definition) is 2. The maximum atomic E-state index is 12.2. The molecule has 1 aromatic carbocycles. The Hall–Kier alpha value is -3.13. The van der Waals surface area contributed by atoms with E-state index in [0.29, 0.717) is 11.5 Å². The molecule has 2 aromatic rings. The van der Waals surface area contributed by atoms with Gasteiger partial charge in [0.05, 0.1) is 0 Å². The summed E-state index contributed by atoms with van der Waals surface area (Å²) in [6.45, 7) is 4.06. The fourth-order valence-corrected chi connectivity index (χ4v) is 2.26. The van der Waals surface area contributed by atoms with E-state index < -0.39 is 5.91 Å². The van der Waals surface area contributed by atoms with Gasteiger partial charge in [-0.2, -0.15) is 5.26 Å². The van der Waals surface area contributed by atoms with Gasteiger partial charge in [-0.05, 0) is 49.1 Å². The van der Waals surface area contributed by atoms with E-state index in [9.17, 15) is 10.1 Å². The second kappa shape index (κ2) is 9.24. The first-order valence-electron chi connectivity index (χ1n) is 8.32. The average Bonchev–Trinajstić information content (AvgIpc) is 2.63. The Kier molecular flexibility index (Phi) is 6.73. The molecule has 2 N–H and O–H groups in total. The second-order valence-corrected chi connectivity index (χ2v) is 5.74. The van der Waals surface area contributed by atoms with E-state index in [1.165, 1.54) is 11.8 Å². The quantitative estimate of drug-likeness (QED) is 0.588. The zero-order valence-electron chi connectivity index (χ0n) is 14.5. The van der Waals surface area contributed by atoms with Crippen LogP contribution in [-0.2, 0) is 11.2 Å². The minimum absolute atomic E-state index is 0.0138. The number of unbranched alkanes of at least 4 members (excludes halogenated alkanes) is 1. The minimum Gasteiger partial charge on any atom is -0.345 e. The lowest BCUT2D eigenvalue weighted by Crippen LogP contribution is -2.14. The van der Waals surface area contributed by atoms with E-state index in [1.807, 2.05) is 49.4 Å². The summed E-state index contributed by atoms with van der Waals surface area (Å²) in [4.78, 5) is 16.4. The molecule has 1 heterocycles. The largest absolute Gasteiger partial charge is 0.345 e. The summed E-state index contributed by atoms with van der Waals surface area (Å²) in [5.41, 5.74) is 2.82. The normalized spacial score (nSPS) is 10.8. The Morgan fingerprint density at radius 1 is 1.28 bits per heavy atom. The number of carbonyl (C=O) groups is 1. The third-order valence-electron chi connectivity index (χ3n) is 3.76. The van der Waals surface area contributed by atoms with Gasteiger partial charge in [0.15, 0.2) is 0 Å². The molecular weight excluding hydrogens is 312 g/mol. The van der Waals surface area contributed by atoms with Crippen molar-refractivity contribution in [3.05, 3.63) is 65.5 Å². The molecule has 25 heavy (non-hydrogen) atoms. The minimum atomic E-state index is -0.454. The molecule has 0 radical (unpaired) electrons. The maximum Gasteiger partial charge on any atom is 0.267 e. The highest BCUT2D eigenvalue weighted by atomic mass is 16.1. The highest BCUT2D eigenvalue weighted by molar-refractivity contribution is 6.06. The molecule has 5 nitrogen and oxygen atoms in total. The summed E-state index contributed by atoms with van der Waals surface area (Å²) in [5.74, 6) is 0.160. The van der Waals surface area contributed by atoms with E-state index in [2.05, 4.69) is 22.5 Å². The predicted octanol–water partition coefficient (Wildman–Crippen LogP) is 4.19. The summed E-state index contributed by atoms with van der Waals surface area (Å²) < 4.78 is 0. The molecule has 1 amide bonds. The standard InChI is InChI=1S/C20H22N4O/c1-3-4-7-16-8-10-18(11-9-16)24-20(25)17(13-21)14-23-19-15(2)6-5-12-22-19/h5-6,8-12,14H,3-4,7H2,1-2H3,(H,22,23)(H,24,25)/b17-14-. The molecule has 2 rings (SSSR count). The van der Waals surface area contributed by atoms with Crippen molar-refractivity contribution in [3.8, 4) is 6.07 Å². The van der Waals surface area contributed by atoms with Crippen LogP contribution in [0.15, 0.2) is 54.4 Å². The average molecular weight is 334 g/mol. The number of nitrogens with zero attached hydrogens (tertiary/aromatic N) is 2. The Bertz CT molecular complexity index is 788. The lowest BCUT2D eigenvalue weighted by molar-refractivity contribution is -0.112. The molecule has 0 atom stereocenters. The number of benzene rings is 1. The van der Waals surface area contributed by atoms with E-state index in [1.54, 1.807) is 6.20 Å². The van der Waals surface area contributed by atoms with E-state index >= 15 is 0 Å². The topological polar surface area (TPSA) is 77.8 Å². The molecule has 1 aromatic heterocycles. The lowest BCUT2D eigenvalue weighted by atomic mass is 10.1. The lowest BCUT2D eigenvalue weighted by Gasteiger charge is -2.07. The van der Waals surface area contributed by atoms with Crippen molar-refractivity contribution in [3.63, 3.8) is 0 Å². The zero-order chi connectivity index (χ0) is 18.1. The van der Waals surface area contributed by atoms with Crippen molar-refractivity contribution in [2.24, 2.45) is 0 Å². The van der Waals surface area contributed by atoms with Gasteiger partial charge in [-0.25, -0.2) is 4.98 Å². The number of pyridine rings is 1. The van der Waals surface area contributed by atoms with Gasteiger partial charge in [0.1, 0.15) is 17.5 Å². The van der Waals surface area contributed by atoms with Crippen LogP contribution in [0, 0.1) is 18.3 Å². The van der Waals surface area contributed by atoms with Crippen molar-refractivity contribution in [2.75, 3.05) is 10.6 Å². The molecule has 0 fully saturated rings. The van der Waals surface area contributed by atoms with Crippen LogP contribution in [-0.4, -0.2) is 10.9 Å². The first-order chi connectivity index (χ1) is 12.1. The molecule has 0 bridgehead atoms. The fourth-order valence-electron chi connectivity index (χ4n) is 2.26. The number of nitriles is 1. The first-order valence-corrected chi connectivity index (χ1v) is 8.32. The third kappa shape index (κ3) is 5.47. The van der Waals surface area contributed by atoms with Crippen LogP contribution >= 0.6 is 0 Å². The maximum absolute atomic E-state index is 12.2. The predicted molar refractivity (Wildman–Crippen MR) is 100.0 cm³/mol. The SMILES string of the molecule is CCCCc1ccc(NC(=O)/C(C#N)=C\Nc2ncccc2C)cc1. The van der Waals surface area contributed by atoms with Gasteiger partial charge in [0.25, 0.3) is 5.91 Å². The van der Waals surface area contributed by atoms with Crippen LogP contribution < -0.4 is 10.6 Å². The van der Waals surface area contributed by atoms with Crippen LogP contribution in [0.25, 0.3) is 0 Å². The second-order valence-electron chi connectivity index (χ2n) is 5.74. The molecule has 0 saturated heterocycles. The van der Waals surface area contributed by atoms with Crippen LogP contribution in [0.2, 0.25) is 0 Å². The van der Waals surface area contributed by atoms with Gasteiger partial charge >= 0.3 is 0 Å². The van der Waals surface area contributed by atoms with E-state index in [0.717, 1.165) is 24.8 Å². The van der Waals surface area contributed by atoms with Crippen LogP contribution in [0.4, 0.5) is 11.5 Å².